The van der Waals surface area contributed by atoms with Crippen LogP contribution in [0.1, 0.15) is 17.0 Å². The summed E-state index contributed by atoms with van der Waals surface area (Å²) in [4.78, 5) is 18.9. The Kier molecular flexibility index (Phi) is 6.79. The summed E-state index contributed by atoms with van der Waals surface area (Å²) in [5, 5.41) is 8.36. The number of aliphatic imine (C=N–C) groups is 2. The van der Waals surface area contributed by atoms with Gasteiger partial charge in [0.1, 0.15) is 12.8 Å². The SMILES string of the molecule is [C]1=NC(OCc2ccc(CN3CCN(Cc4ncon4)CC3)cc2)=NCC1=C1Nc2ccccc2S1. The van der Waals surface area contributed by atoms with Gasteiger partial charge in [0.25, 0.3) is 0 Å². The molecule has 0 spiro atoms. The third-order valence-corrected chi connectivity index (χ3v) is 7.44. The Balaban J connectivity index is 0.948. The van der Waals surface area contributed by atoms with Crippen LogP contribution in [0.25, 0.3) is 0 Å². The van der Waals surface area contributed by atoms with E-state index in [0.29, 0.717) is 19.2 Å². The normalized spacial score (nSPS) is 20.2. The van der Waals surface area contributed by atoms with Crippen LogP contribution in [-0.4, -0.2) is 64.9 Å². The summed E-state index contributed by atoms with van der Waals surface area (Å²) in [6.07, 6.45) is 4.48. The first-order chi connectivity index (χ1) is 17.8. The molecule has 1 saturated heterocycles. The van der Waals surface area contributed by atoms with Crippen LogP contribution in [0.4, 0.5) is 5.69 Å². The van der Waals surface area contributed by atoms with Crippen LogP contribution >= 0.6 is 11.8 Å². The number of rotatable bonds is 6. The largest absolute Gasteiger partial charge is 0.459 e. The molecule has 10 heteroatoms. The van der Waals surface area contributed by atoms with Gasteiger partial charge in [-0.15, -0.1) is 0 Å². The van der Waals surface area contributed by atoms with E-state index in [1.165, 1.54) is 16.9 Å². The molecule has 3 aromatic rings. The smallest absolute Gasteiger partial charge is 0.312 e. The molecule has 1 aromatic heterocycles. The molecule has 1 N–H and O–H groups in total. The number of hydrogen-bond acceptors (Lipinski definition) is 10. The van der Waals surface area contributed by atoms with Crippen LogP contribution in [0.3, 0.4) is 0 Å². The van der Waals surface area contributed by atoms with Crippen molar-refractivity contribution in [2.24, 2.45) is 9.98 Å². The van der Waals surface area contributed by atoms with Gasteiger partial charge in [0.2, 0.25) is 6.39 Å². The molecular weight excluding hydrogens is 474 g/mol. The lowest BCUT2D eigenvalue weighted by Crippen LogP contribution is -2.45. The molecule has 3 aliphatic heterocycles. The third-order valence-electron chi connectivity index (χ3n) is 6.31. The molecule has 0 bridgehead atoms. The summed E-state index contributed by atoms with van der Waals surface area (Å²) in [7, 11) is 0. The summed E-state index contributed by atoms with van der Waals surface area (Å²) in [6.45, 7) is 6.67. The maximum atomic E-state index is 5.82. The first-order valence-corrected chi connectivity index (χ1v) is 12.8. The van der Waals surface area contributed by atoms with Gasteiger partial charge in [0.15, 0.2) is 5.82 Å². The minimum Gasteiger partial charge on any atom is -0.459 e. The van der Waals surface area contributed by atoms with E-state index in [-0.39, 0.29) is 0 Å². The molecule has 9 nitrogen and oxygen atoms in total. The number of amidine groups is 1. The van der Waals surface area contributed by atoms with Crippen molar-refractivity contribution in [1.82, 2.24) is 19.9 Å². The monoisotopic (exact) mass is 500 g/mol. The van der Waals surface area contributed by atoms with Crippen LogP contribution < -0.4 is 5.32 Å². The Bertz CT molecular complexity index is 1250. The number of ether oxygens (including phenoxy) is 1. The van der Waals surface area contributed by atoms with E-state index in [1.54, 1.807) is 11.8 Å². The topological polar surface area (TPSA) is 91.4 Å². The highest BCUT2D eigenvalue weighted by Gasteiger charge is 2.20. The molecule has 0 saturated carbocycles. The number of fused-ring (bicyclic) bond motifs is 1. The lowest BCUT2D eigenvalue weighted by Gasteiger charge is -2.34. The fourth-order valence-electron chi connectivity index (χ4n) is 4.30. The predicted molar refractivity (Wildman–Crippen MR) is 139 cm³/mol. The van der Waals surface area contributed by atoms with Crippen LogP contribution in [0, 0.1) is 0 Å². The van der Waals surface area contributed by atoms with Gasteiger partial charge in [-0.25, -0.2) is 4.99 Å². The summed E-state index contributed by atoms with van der Waals surface area (Å²) >= 11 is 1.69. The zero-order valence-corrected chi connectivity index (χ0v) is 20.6. The van der Waals surface area contributed by atoms with Crippen LogP contribution in [0.15, 0.2) is 84.9 Å². The van der Waals surface area contributed by atoms with Gasteiger partial charge in [-0.2, -0.15) is 9.98 Å². The highest BCUT2D eigenvalue weighted by Crippen LogP contribution is 2.41. The average Bonchev–Trinajstić information content (AvgIpc) is 3.60. The van der Waals surface area contributed by atoms with Crippen molar-refractivity contribution in [3.63, 3.8) is 0 Å². The Morgan fingerprint density at radius 1 is 0.972 bits per heavy atom. The van der Waals surface area contributed by atoms with Gasteiger partial charge in [-0.05, 0) is 23.3 Å². The van der Waals surface area contributed by atoms with Crippen molar-refractivity contribution in [3.8, 4) is 0 Å². The first kappa shape index (κ1) is 23.0. The van der Waals surface area contributed by atoms with E-state index in [4.69, 9.17) is 9.26 Å². The molecule has 1 fully saturated rings. The number of aromatic nitrogens is 2. The lowest BCUT2D eigenvalue weighted by atomic mass is 10.1. The van der Waals surface area contributed by atoms with E-state index in [1.807, 2.05) is 12.1 Å². The molecule has 0 atom stereocenters. The van der Waals surface area contributed by atoms with Crippen molar-refractivity contribution in [1.29, 1.82) is 0 Å². The third kappa shape index (κ3) is 5.51. The molecule has 0 amide bonds. The van der Waals surface area contributed by atoms with E-state index in [0.717, 1.165) is 66.9 Å². The fourth-order valence-corrected chi connectivity index (χ4v) is 5.29. The van der Waals surface area contributed by atoms with E-state index in [9.17, 15) is 0 Å². The van der Waals surface area contributed by atoms with Crippen LogP contribution in [0.2, 0.25) is 0 Å². The quantitative estimate of drug-likeness (QED) is 0.549. The summed E-state index contributed by atoms with van der Waals surface area (Å²) in [5.74, 6) is 0.747. The average molecular weight is 501 g/mol. The Labute approximate surface area is 213 Å². The molecule has 3 aliphatic rings. The van der Waals surface area contributed by atoms with Crippen molar-refractivity contribution >= 4 is 29.7 Å². The van der Waals surface area contributed by atoms with Crippen molar-refractivity contribution < 1.29 is 9.26 Å². The van der Waals surface area contributed by atoms with Crippen LogP contribution in [-0.2, 0) is 24.4 Å². The van der Waals surface area contributed by atoms with E-state index < -0.39 is 0 Å². The molecule has 0 aliphatic carbocycles. The van der Waals surface area contributed by atoms with Gasteiger partial charge >= 0.3 is 6.02 Å². The zero-order chi connectivity index (χ0) is 24.2. The highest BCUT2D eigenvalue weighted by molar-refractivity contribution is 8.03. The number of benzene rings is 2. The Hall–Kier alpha value is -3.47. The van der Waals surface area contributed by atoms with Gasteiger partial charge in [-0.1, -0.05) is 53.3 Å². The fraction of sp³-hybridized carbons (Fsp3) is 0.308. The van der Waals surface area contributed by atoms with Gasteiger partial charge in [0, 0.05) is 43.2 Å². The number of hydrogen-bond donors (Lipinski definition) is 1. The molecule has 6 rings (SSSR count). The van der Waals surface area contributed by atoms with Gasteiger partial charge in [-0.3, -0.25) is 9.80 Å². The Morgan fingerprint density at radius 3 is 2.47 bits per heavy atom. The zero-order valence-electron chi connectivity index (χ0n) is 19.8. The molecular formula is C26H26N7O2S. The first-order valence-electron chi connectivity index (χ1n) is 12.0. The minimum absolute atomic E-state index is 0.377. The second-order valence-corrected chi connectivity index (χ2v) is 9.91. The number of para-hydroxylation sites is 1. The number of thioether (sulfide) groups is 1. The maximum absolute atomic E-state index is 5.82. The lowest BCUT2D eigenvalue weighted by molar-refractivity contribution is 0.119. The number of nitrogens with one attached hydrogen (secondary N) is 1. The standard InChI is InChI=1S/C26H26N7O2S/c1-2-4-23-22(3-1)30-25(36-23)21-13-27-26(28-14-21)34-17-20-7-5-19(6-8-20)15-32-9-11-33(12-10-32)16-24-29-18-35-31-24/h1-8,18,30H,9-13,15-17H2. The van der Waals surface area contributed by atoms with Crippen molar-refractivity contribution in [2.75, 3.05) is 38.0 Å². The summed E-state index contributed by atoms with van der Waals surface area (Å²) in [6, 6.07) is 17.2. The minimum atomic E-state index is 0.377. The second kappa shape index (κ2) is 10.7. The summed E-state index contributed by atoms with van der Waals surface area (Å²) < 4.78 is 10.6. The predicted octanol–water partition coefficient (Wildman–Crippen LogP) is 3.65. The van der Waals surface area contributed by atoms with Gasteiger partial charge < -0.3 is 14.6 Å². The highest BCUT2D eigenvalue weighted by atomic mass is 32.2. The van der Waals surface area contributed by atoms with Crippen molar-refractivity contribution in [3.05, 3.63) is 82.5 Å². The van der Waals surface area contributed by atoms with E-state index >= 15 is 0 Å². The molecule has 0 unspecified atom stereocenters. The number of piperazine rings is 1. The second-order valence-electron chi connectivity index (χ2n) is 8.86. The molecule has 183 valence electrons. The summed E-state index contributed by atoms with van der Waals surface area (Å²) in [5.41, 5.74) is 4.45. The molecule has 36 heavy (non-hydrogen) atoms. The van der Waals surface area contributed by atoms with E-state index in [2.05, 4.69) is 77.9 Å². The molecule has 1 radical (unpaired) electrons. The van der Waals surface area contributed by atoms with Gasteiger partial charge in [0.05, 0.1) is 23.8 Å². The Morgan fingerprint density at radius 2 is 1.75 bits per heavy atom. The number of anilines is 1. The van der Waals surface area contributed by atoms with Crippen LogP contribution in [0.5, 0.6) is 0 Å². The molecule has 4 heterocycles. The maximum Gasteiger partial charge on any atom is 0.312 e. The molecule has 2 aromatic carbocycles. The number of nitrogens with zero attached hydrogens (tertiary/aromatic N) is 6. The van der Waals surface area contributed by atoms with Crippen molar-refractivity contribution in [2.45, 2.75) is 24.6 Å².